The average Bonchev–Trinajstić information content (AvgIpc) is 3.61. The monoisotopic (exact) mass is 534 g/mol. The predicted molar refractivity (Wildman–Crippen MR) is 142 cm³/mol. The fourth-order valence-electron chi connectivity index (χ4n) is 5.43. The van der Waals surface area contributed by atoms with Crippen LogP contribution in [0.25, 0.3) is 0 Å². The van der Waals surface area contributed by atoms with Gasteiger partial charge < -0.3 is 10.6 Å². The van der Waals surface area contributed by atoms with E-state index < -0.39 is 0 Å². The zero-order valence-electron chi connectivity index (χ0n) is 20.0. The smallest absolute Gasteiger partial charge is 0.229 e. The number of anilines is 2. The van der Waals surface area contributed by atoms with Crippen LogP contribution < -0.4 is 10.6 Å². The van der Waals surface area contributed by atoms with Gasteiger partial charge in [-0.3, -0.25) is 9.59 Å². The Morgan fingerprint density at radius 1 is 0.714 bits per heavy atom. The summed E-state index contributed by atoms with van der Waals surface area (Å²) >= 11 is 4.80. The molecule has 11 heteroatoms. The lowest BCUT2D eigenvalue weighted by Crippen LogP contribution is -2.23. The number of nitrogens with one attached hydrogen (secondary N) is 2. The van der Waals surface area contributed by atoms with Crippen LogP contribution in [0.2, 0.25) is 0 Å². The quantitative estimate of drug-likeness (QED) is 0.382. The Labute approximate surface area is 218 Å². The molecule has 2 atom stereocenters. The minimum Gasteiger partial charge on any atom is -0.300 e. The van der Waals surface area contributed by atoms with E-state index in [0.29, 0.717) is 10.3 Å². The summed E-state index contributed by atoms with van der Waals surface area (Å²) in [6.07, 6.45) is 13.3. The van der Waals surface area contributed by atoms with Crippen molar-refractivity contribution in [2.24, 2.45) is 23.7 Å². The number of carbonyl (C=O) groups is 2. The van der Waals surface area contributed by atoms with Crippen molar-refractivity contribution < 1.29 is 9.59 Å². The zero-order valence-corrected chi connectivity index (χ0v) is 22.5. The van der Waals surface area contributed by atoms with Crippen LogP contribution in [0.15, 0.2) is 0 Å². The summed E-state index contributed by atoms with van der Waals surface area (Å²) in [5, 5.41) is 25.9. The number of amides is 2. The van der Waals surface area contributed by atoms with Gasteiger partial charge >= 0.3 is 0 Å². The molecule has 0 aromatic carbocycles. The molecule has 0 saturated heterocycles. The Hall–Kier alpha value is -1.59. The third-order valence-corrected chi connectivity index (χ3v) is 10.5. The second kappa shape index (κ2) is 12.1. The Bertz CT molecular complexity index is 1000. The number of carbonyl (C=O) groups excluding carboxylic acids is 2. The van der Waals surface area contributed by atoms with Crippen LogP contribution in [-0.4, -0.2) is 43.7 Å². The molecule has 2 N–H and O–H groups in total. The predicted octanol–water partition coefficient (Wildman–Crippen LogP) is 5.19. The third kappa shape index (κ3) is 6.80. The maximum atomic E-state index is 12.7. The van der Waals surface area contributed by atoms with Crippen LogP contribution in [0.4, 0.5) is 10.3 Å². The van der Waals surface area contributed by atoms with Gasteiger partial charge in [-0.15, -0.1) is 20.4 Å². The van der Waals surface area contributed by atoms with Crippen molar-refractivity contribution in [3.8, 4) is 0 Å². The molecule has 2 aromatic rings. The van der Waals surface area contributed by atoms with E-state index in [0.717, 1.165) is 84.7 Å². The van der Waals surface area contributed by atoms with Crippen molar-refractivity contribution in [1.29, 1.82) is 0 Å². The Kier molecular flexibility index (Phi) is 8.67. The summed E-state index contributed by atoms with van der Waals surface area (Å²) in [5.74, 6) is 4.00. The van der Waals surface area contributed by atoms with Crippen LogP contribution in [0.5, 0.6) is 0 Å². The van der Waals surface area contributed by atoms with Gasteiger partial charge in [0.2, 0.25) is 22.1 Å². The van der Waals surface area contributed by atoms with E-state index in [9.17, 15) is 9.59 Å². The summed E-state index contributed by atoms with van der Waals surface area (Å²) in [7, 11) is 0. The largest absolute Gasteiger partial charge is 0.300 e. The van der Waals surface area contributed by atoms with Gasteiger partial charge in [0.05, 0.1) is 0 Å². The van der Waals surface area contributed by atoms with Crippen molar-refractivity contribution in [3.05, 3.63) is 10.0 Å². The third-order valence-electron chi connectivity index (χ3n) is 7.70. The molecular weight excluding hydrogens is 501 g/mol. The SMILES string of the molecule is O=C(Nc1nnc(CCSCCc2nnc(NC(=O)C3CCC(C4CCC4)C3)s2)s1)C1CCCC1. The van der Waals surface area contributed by atoms with Crippen LogP contribution >= 0.6 is 34.4 Å². The van der Waals surface area contributed by atoms with Gasteiger partial charge in [0.15, 0.2) is 0 Å². The fourth-order valence-corrected chi connectivity index (χ4v) is 8.05. The van der Waals surface area contributed by atoms with E-state index in [1.165, 1.54) is 48.4 Å². The highest BCUT2D eigenvalue weighted by molar-refractivity contribution is 7.99. The first kappa shape index (κ1) is 25.1. The number of hydrogen-bond donors (Lipinski definition) is 2. The van der Waals surface area contributed by atoms with Crippen molar-refractivity contribution >= 4 is 56.5 Å². The summed E-state index contributed by atoms with van der Waals surface area (Å²) in [6, 6.07) is 0. The second-order valence-corrected chi connectivity index (χ2v) is 13.4. The van der Waals surface area contributed by atoms with Gasteiger partial charge in [0.25, 0.3) is 0 Å². The molecule has 2 heterocycles. The lowest BCUT2D eigenvalue weighted by atomic mass is 9.75. The van der Waals surface area contributed by atoms with Crippen LogP contribution in [-0.2, 0) is 22.4 Å². The van der Waals surface area contributed by atoms with E-state index >= 15 is 0 Å². The van der Waals surface area contributed by atoms with E-state index in [1.807, 2.05) is 11.8 Å². The molecule has 0 aliphatic heterocycles. The van der Waals surface area contributed by atoms with Crippen LogP contribution in [0.3, 0.4) is 0 Å². The maximum absolute atomic E-state index is 12.7. The molecular formula is C24H34N6O2S3. The van der Waals surface area contributed by atoms with Gasteiger partial charge in [-0.25, -0.2) is 0 Å². The zero-order chi connectivity index (χ0) is 24.0. The second-order valence-electron chi connectivity index (χ2n) is 10.0. The van der Waals surface area contributed by atoms with Crippen LogP contribution in [0, 0.1) is 23.7 Å². The molecule has 0 spiro atoms. The minimum absolute atomic E-state index is 0.0910. The van der Waals surface area contributed by atoms with Crippen molar-refractivity contribution in [2.75, 3.05) is 22.1 Å². The first-order valence-corrected chi connectivity index (χ1v) is 15.8. The average molecular weight is 535 g/mol. The summed E-state index contributed by atoms with van der Waals surface area (Å²) in [5.41, 5.74) is 0. The summed E-state index contributed by atoms with van der Waals surface area (Å²) in [6.45, 7) is 0. The number of nitrogens with zero attached hydrogens (tertiary/aromatic N) is 4. The van der Waals surface area contributed by atoms with Crippen molar-refractivity contribution in [3.63, 3.8) is 0 Å². The first-order chi connectivity index (χ1) is 17.1. The molecule has 2 unspecified atom stereocenters. The molecule has 190 valence electrons. The summed E-state index contributed by atoms with van der Waals surface area (Å²) in [4.78, 5) is 24.9. The van der Waals surface area contributed by atoms with E-state index in [2.05, 4.69) is 31.0 Å². The summed E-state index contributed by atoms with van der Waals surface area (Å²) < 4.78 is 0. The standard InChI is InChI=1S/C24H34N6O2S3/c31-21(16-4-1-2-5-16)25-23-29-27-19(34-23)10-12-33-13-11-20-28-30-24(35-20)26-22(32)18-9-8-17(14-18)15-6-3-7-15/h15-18H,1-14H2,(H,25,29,31)(H,26,30,32). The maximum Gasteiger partial charge on any atom is 0.229 e. The molecule has 5 rings (SSSR count). The van der Waals surface area contributed by atoms with Gasteiger partial charge in [-0.05, 0) is 55.4 Å². The number of thioether (sulfide) groups is 1. The molecule has 2 aromatic heterocycles. The molecule has 35 heavy (non-hydrogen) atoms. The normalized spacial score (nSPS) is 22.9. The topological polar surface area (TPSA) is 110 Å². The lowest BCUT2D eigenvalue weighted by molar-refractivity contribution is -0.120. The lowest BCUT2D eigenvalue weighted by Gasteiger charge is -2.31. The number of aromatic nitrogens is 4. The van der Waals surface area contributed by atoms with E-state index in [4.69, 9.17) is 0 Å². The molecule has 2 amide bonds. The number of aryl methyl sites for hydroxylation is 2. The van der Waals surface area contributed by atoms with Gasteiger partial charge in [0.1, 0.15) is 10.0 Å². The first-order valence-electron chi connectivity index (χ1n) is 13.0. The number of rotatable bonds is 11. The number of hydrogen-bond acceptors (Lipinski definition) is 9. The molecule has 0 radical (unpaired) electrons. The van der Waals surface area contributed by atoms with Gasteiger partial charge in [-0.1, -0.05) is 54.8 Å². The van der Waals surface area contributed by atoms with Crippen molar-refractivity contribution in [2.45, 2.75) is 77.0 Å². The molecule has 3 aliphatic carbocycles. The molecule has 0 bridgehead atoms. The van der Waals surface area contributed by atoms with Crippen LogP contribution in [0.1, 0.15) is 74.2 Å². The fraction of sp³-hybridized carbons (Fsp3) is 0.750. The Morgan fingerprint density at radius 2 is 1.31 bits per heavy atom. The Morgan fingerprint density at radius 3 is 1.89 bits per heavy atom. The highest BCUT2D eigenvalue weighted by Gasteiger charge is 2.36. The van der Waals surface area contributed by atoms with E-state index in [-0.39, 0.29) is 23.7 Å². The van der Waals surface area contributed by atoms with Gasteiger partial charge in [-0.2, -0.15) is 11.8 Å². The van der Waals surface area contributed by atoms with E-state index in [1.54, 1.807) is 0 Å². The molecule has 3 fully saturated rings. The molecule has 8 nitrogen and oxygen atoms in total. The minimum atomic E-state index is 0.0910. The highest BCUT2D eigenvalue weighted by atomic mass is 32.2. The van der Waals surface area contributed by atoms with Gasteiger partial charge in [0, 0.05) is 24.7 Å². The highest BCUT2D eigenvalue weighted by Crippen LogP contribution is 2.44. The Balaban J connectivity index is 0.964. The molecule has 3 aliphatic rings. The van der Waals surface area contributed by atoms with Crippen molar-refractivity contribution in [1.82, 2.24) is 20.4 Å². The molecule has 3 saturated carbocycles.